The number of nitrogens with zero attached hydrogens (tertiary/aromatic N) is 3. The molecule has 0 radical (unpaired) electrons. The van der Waals surface area contributed by atoms with Gasteiger partial charge in [-0.25, -0.2) is 13.6 Å². The molecule has 1 N–H and O–H groups in total. The predicted molar refractivity (Wildman–Crippen MR) is 151 cm³/mol. The van der Waals surface area contributed by atoms with Gasteiger partial charge in [-0.05, 0) is 91.3 Å². The SMILES string of the molecule is Cc1cnc(-c2cccc(C(=O)N(C)C)c2F)cc1-n1c(C)cc(C2C[C@H]2c2cc(F)cc(C(=O)O)c2)c(Cl)c1=O. The number of carboxylic acid groups (broad SMARTS) is 1. The van der Waals surface area contributed by atoms with E-state index in [1.807, 2.05) is 0 Å². The Hall–Kier alpha value is -4.37. The Bertz CT molecular complexity index is 1800. The van der Waals surface area contributed by atoms with Gasteiger partial charge in [0.15, 0.2) is 0 Å². The molecule has 1 unspecified atom stereocenters. The van der Waals surface area contributed by atoms with Crippen LogP contribution < -0.4 is 5.56 Å². The Morgan fingerprint density at radius 1 is 1.07 bits per heavy atom. The third kappa shape index (κ3) is 5.13. The maximum atomic E-state index is 15.4. The fourth-order valence-electron chi connectivity index (χ4n) is 5.20. The van der Waals surface area contributed by atoms with Gasteiger partial charge in [-0.15, -0.1) is 0 Å². The second kappa shape index (κ2) is 10.6. The minimum Gasteiger partial charge on any atom is -0.478 e. The molecule has 2 aromatic heterocycles. The van der Waals surface area contributed by atoms with E-state index in [0.717, 1.165) is 6.07 Å². The Balaban J connectivity index is 1.54. The van der Waals surface area contributed by atoms with Crippen LogP contribution in [0.15, 0.2) is 59.5 Å². The molecule has 4 aromatic rings. The summed E-state index contributed by atoms with van der Waals surface area (Å²) in [5.74, 6) is -3.41. The van der Waals surface area contributed by atoms with Gasteiger partial charge >= 0.3 is 5.97 Å². The Labute approximate surface area is 239 Å². The number of carbonyl (C=O) groups is 2. The molecule has 7 nitrogen and oxygen atoms in total. The number of aromatic carboxylic acids is 1. The van der Waals surface area contributed by atoms with Crippen molar-refractivity contribution in [3.05, 3.63) is 115 Å². The van der Waals surface area contributed by atoms with Crippen LogP contribution in [0.4, 0.5) is 8.78 Å². The molecule has 1 saturated carbocycles. The fourth-order valence-corrected chi connectivity index (χ4v) is 5.48. The third-order valence-electron chi connectivity index (χ3n) is 7.37. The average Bonchev–Trinajstić information content (AvgIpc) is 3.72. The van der Waals surface area contributed by atoms with E-state index in [1.54, 1.807) is 32.0 Å². The first-order valence-electron chi connectivity index (χ1n) is 12.8. The van der Waals surface area contributed by atoms with Crippen molar-refractivity contribution in [3.63, 3.8) is 0 Å². The Morgan fingerprint density at radius 2 is 1.80 bits per heavy atom. The van der Waals surface area contributed by atoms with Crippen LogP contribution in [0.1, 0.15) is 61.4 Å². The van der Waals surface area contributed by atoms with E-state index in [9.17, 15) is 23.9 Å². The maximum absolute atomic E-state index is 15.4. The van der Waals surface area contributed by atoms with Crippen molar-refractivity contribution >= 4 is 23.5 Å². The molecule has 41 heavy (non-hydrogen) atoms. The first-order valence-corrected chi connectivity index (χ1v) is 13.2. The summed E-state index contributed by atoms with van der Waals surface area (Å²) in [6.45, 7) is 3.52. The van der Waals surface area contributed by atoms with E-state index < -0.39 is 29.1 Å². The van der Waals surface area contributed by atoms with Crippen LogP contribution in [0.25, 0.3) is 16.9 Å². The van der Waals surface area contributed by atoms with Crippen LogP contribution in [0.5, 0.6) is 0 Å². The lowest BCUT2D eigenvalue weighted by molar-refractivity contribution is 0.0695. The fraction of sp³-hybridized carbons (Fsp3) is 0.226. The molecule has 1 aliphatic carbocycles. The minimum atomic E-state index is -1.22. The molecule has 2 aromatic carbocycles. The van der Waals surface area contributed by atoms with Gasteiger partial charge in [-0.1, -0.05) is 17.7 Å². The average molecular weight is 578 g/mol. The van der Waals surface area contributed by atoms with Crippen molar-refractivity contribution in [3.8, 4) is 16.9 Å². The van der Waals surface area contributed by atoms with Crippen molar-refractivity contribution in [2.45, 2.75) is 32.1 Å². The van der Waals surface area contributed by atoms with Crippen LogP contribution in [0.2, 0.25) is 5.02 Å². The number of benzene rings is 2. The number of rotatable bonds is 6. The molecule has 0 saturated heterocycles. The zero-order valence-electron chi connectivity index (χ0n) is 22.7. The molecule has 2 atom stereocenters. The van der Waals surface area contributed by atoms with E-state index in [2.05, 4.69) is 4.98 Å². The summed E-state index contributed by atoms with van der Waals surface area (Å²) in [5, 5.41) is 9.29. The van der Waals surface area contributed by atoms with Crippen LogP contribution in [-0.4, -0.2) is 45.5 Å². The Morgan fingerprint density at radius 3 is 2.49 bits per heavy atom. The lowest BCUT2D eigenvalue weighted by Gasteiger charge is -2.17. The van der Waals surface area contributed by atoms with Gasteiger partial charge in [-0.3, -0.25) is 19.1 Å². The van der Waals surface area contributed by atoms with Gasteiger partial charge in [0.2, 0.25) is 0 Å². The summed E-state index contributed by atoms with van der Waals surface area (Å²) in [6, 6.07) is 11.6. The van der Waals surface area contributed by atoms with Crippen molar-refractivity contribution in [1.29, 1.82) is 0 Å². The number of pyridine rings is 2. The number of carbonyl (C=O) groups excluding carboxylic acids is 1. The van der Waals surface area contributed by atoms with E-state index in [1.165, 1.54) is 54.0 Å². The number of aromatic nitrogens is 2. The summed E-state index contributed by atoms with van der Waals surface area (Å²) in [4.78, 5) is 43.1. The highest BCUT2D eigenvalue weighted by molar-refractivity contribution is 6.31. The van der Waals surface area contributed by atoms with E-state index >= 15 is 4.39 Å². The number of hydrogen-bond donors (Lipinski definition) is 1. The van der Waals surface area contributed by atoms with Gasteiger partial charge in [0, 0.05) is 31.5 Å². The highest BCUT2D eigenvalue weighted by Crippen LogP contribution is 2.56. The normalized spacial score (nSPS) is 16.0. The molecule has 0 bridgehead atoms. The molecule has 5 rings (SSSR count). The van der Waals surface area contributed by atoms with E-state index in [-0.39, 0.29) is 39.2 Å². The highest BCUT2D eigenvalue weighted by atomic mass is 35.5. The molecule has 1 aliphatic rings. The van der Waals surface area contributed by atoms with Crippen molar-refractivity contribution in [2.24, 2.45) is 0 Å². The summed E-state index contributed by atoms with van der Waals surface area (Å²) < 4.78 is 30.9. The first kappa shape index (κ1) is 28.2. The molecule has 210 valence electrons. The van der Waals surface area contributed by atoms with Gasteiger partial charge in [0.05, 0.1) is 22.5 Å². The number of carboxylic acids is 1. The number of aryl methyl sites for hydroxylation is 2. The summed E-state index contributed by atoms with van der Waals surface area (Å²) in [6.07, 6.45) is 2.12. The van der Waals surface area contributed by atoms with Crippen LogP contribution >= 0.6 is 11.6 Å². The quantitative estimate of drug-likeness (QED) is 0.298. The standard InChI is InChI=1S/C31H26ClF2N3O4/c1-15-14-35-25(20-6-5-7-21(28(20)34)29(38)36(3)4)13-26(15)37-16(2)8-24(27(32)30(37)39)23-12-22(23)17-9-18(31(40)41)11-19(33)10-17/h5-11,13-14,22-23H,12H2,1-4H3,(H,40,41)/t22-,23?/m0/s1. The van der Waals surface area contributed by atoms with Gasteiger partial charge in [0.1, 0.15) is 16.7 Å². The van der Waals surface area contributed by atoms with Gasteiger partial charge in [-0.2, -0.15) is 0 Å². The van der Waals surface area contributed by atoms with Crippen LogP contribution in [0.3, 0.4) is 0 Å². The zero-order valence-corrected chi connectivity index (χ0v) is 23.5. The first-order chi connectivity index (χ1) is 19.4. The summed E-state index contributed by atoms with van der Waals surface area (Å²) in [7, 11) is 3.07. The molecule has 1 fully saturated rings. The second-order valence-corrected chi connectivity index (χ2v) is 10.8. The molecule has 0 aliphatic heterocycles. The largest absolute Gasteiger partial charge is 0.478 e. The smallest absolute Gasteiger partial charge is 0.335 e. The van der Waals surface area contributed by atoms with Crippen LogP contribution in [0, 0.1) is 25.5 Å². The predicted octanol–water partition coefficient (Wildman–Crippen LogP) is 6.12. The number of hydrogen-bond acceptors (Lipinski definition) is 4. The summed E-state index contributed by atoms with van der Waals surface area (Å²) in [5.41, 5.74) is 2.46. The van der Waals surface area contributed by atoms with E-state index in [4.69, 9.17) is 11.6 Å². The number of halogens is 3. The minimum absolute atomic E-state index is 0.000445. The summed E-state index contributed by atoms with van der Waals surface area (Å²) >= 11 is 6.62. The monoisotopic (exact) mass is 577 g/mol. The maximum Gasteiger partial charge on any atom is 0.335 e. The third-order valence-corrected chi connectivity index (χ3v) is 7.75. The number of amides is 1. The van der Waals surface area contributed by atoms with Crippen molar-refractivity contribution in [2.75, 3.05) is 14.1 Å². The lowest BCUT2D eigenvalue weighted by atomic mass is 10.0. The lowest BCUT2D eigenvalue weighted by Crippen LogP contribution is -2.23. The van der Waals surface area contributed by atoms with Gasteiger partial charge < -0.3 is 10.0 Å². The molecular weight excluding hydrogens is 552 g/mol. The zero-order chi connectivity index (χ0) is 29.7. The molecule has 10 heteroatoms. The highest BCUT2D eigenvalue weighted by Gasteiger charge is 2.42. The molecule has 2 heterocycles. The second-order valence-electron chi connectivity index (χ2n) is 10.4. The van der Waals surface area contributed by atoms with Crippen LogP contribution in [-0.2, 0) is 0 Å². The topological polar surface area (TPSA) is 92.5 Å². The molecule has 0 spiro atoms. The van der Waals surface area contributed by atoms with Crippen molar-refractivity contribution in [1.82, 2.24) is 14.5 Å². The molecular formula is C31H26ClF2N3O4. The Kier molecular flexibility index (Phi) is 7.25. The van der Waals surface area contributed by atoms with E-state index in [0.29, 0.717) is 34.5 Å². The molecule has 1 amide bonds. The van der Waals surface area contributed by atoms with Crippen molar-refractivity contribution < 1.29 is 23.5 Å². The van der Waals surface area contributed by atoms with Gasteiger partial charge in [0.25, 0.3) is 11.5 Å².